The molecule has 1 saturated heterocycles. The van der Waals surface area contributed by atoms with E-state index >= 15 is 0 Å². The molecule has 3 aromatic rings. The molecule has 0 atom stereocenters. The van der Waals surface area contributed by atoms with Crippen molar-refractivity contribution >= 4 is 33.3 Å². The molecule has 0 aromatic carbocycles. The maximum absolute atomic E-state index is 5.18. The molecule has 150 valence electrons. The molecule has 6 rings (SSSR count). The van der Waals surface area contributed by atoms with Gasteiger partial charge in [-0.05, 0) is 56.6 Å². The fraction of sp³-hybridized carbons (Fsp3) is 0.545. The SMILES string of the molecule is c1cnc(N2CCCN(c3nc(C4CC4)nc4sc5c(c34)CCCC5)CC2)nc1. The fourth-order valence-corrected chi connectivity index (χ4v) is 5.95. The number of anilines is 2. The van der Waals surface area contributed by atoms with Crippen molar-refractivity contribution in [3.05, 3.63) is 34.7 Å². The molecule has 0 N–H and O–H groups in total. The predicted octanol–water partition coefficient (Wildman–Crippen LogP) is 3.95. The van der Waals surface area contributed by atoms with Crippen LogP contribution >= 0.6 is 11.3 Å². The normalized spacial score (nSPS) is 20.0. The molecule has 1 aliphatic heterocycles. The lowest BCUT2D eigenvalue weighted by molar-refractivity contribution is 0.699. The molecule has 2 aliphatic carbocycles. The highest BCUT2D eigenvalue weighted by Gasteiger charge is 2.31. The number of aromatic nitrogens is 4. The Kier molecular flexibility index (Phi) is 4.36. The molecule has 0 bridgehead atoms. The lowest BCUT2D eigenvalue weighted by Crippen LogP contribution is -2.32. The van der Waals surface area contributed by atoms with Crippen molar-refractivity contribution in [2.24, 2.45) is 0 Å². The summed E-state index contributed by atoms with van der Waals surface area (Å²) in [5.41, 5.74) is 1.54. The standard InChI is InChI=1S/C22H26N6S/c1-2-6-17-16(5-1)18-20(25-19(15-7-8-15)26-21(18)29-17)27-11-4-12-28(14-13-27)22-23-9-3-10-24-22/h3,9-10,15H,1-2,4-8,11-14H2. The Labute approximate surface area is 175 Å². The third-order valence-corrected chi connectivity index (χ3v) is 7.57. The van der Waals surface area contributed by atoms with E-state index in [1.807, 2.05) is 29.8 Å². The summed E-state index contributed by atoms with van der Waals surface area (Å²) in [6, 6.07) is 1.88. The second kappa shape index (κ2) is 7.20. The van der Waals surface area contributed by atoms with Crippen LogP contribution < -0.4 is 9.80 Å². The largest absolute Gasteiger partial charge is 0.354 e. The molecule has 1 saturated carbocycles. The molecule has 2 fully saturated rings. The Hall–Kier alpha value is -2.28. The Bertz CT molecular complexity index is 1030. The lowest BCUT2D eigenvalue weighted by atomic mass is 9.97. The molecule has 0 unspecified atom stereocenters. The second-order valence-corrected chi connectivity index (χ2v) is 9.53. The van der Waals surface area contributed by atoms with Gasteiger partial charge in [0.05, 0.1) is 5.39 Å². The summed E-state index contributed by atoms with van der Waals surface area (Å²) >= 11 is 1.93. The first-order chi connectivity index (χ1) is 14.4. The van der Waals surface area contributed by atoms with Gasteiger partial charge in [0, 0.05) is 49.4 Å². The maximum atomic E-state index is 5.18. The van der Waals surface area contributed by atoms with Crippen LogP contribution in [0.5, 0.6) is 0 Å². The van der Waals surface area contributed by atoms with Gasteiger partial charge in [-0.25, -0.2) is 19.9 Å². The van der Waals surface area contributed by atoms with E-state index in [1.165, 1.54) is 54.6 Å². The minimum atomic E-state index is 0.582. The Morgan fingerprint density at radius 1 is 0.862 bits per heavy atom. The summed E-state index contributed by atoms with van der Waals surface area (Å²) in [5.74, 6) is 3.71. The molecule has 29 heavy (non-hydrogen) atoms. The van der Waals surface area contributed by atoms with Crippen LogP contribution in [0.25, 0.3) is 10.2 Å². The number of fused-ring (bicyclic) bond motifs is 3. The van der Waals surface area contributed by atoms with Gasteiger partial charge in [0.2, 0.25) is 5.95 Å². The maximum Gasteiger partial charge on any atom is 0.225 e. The number of nitrogens with zero attached hydrogens (tertiary/aromatic N) is 6. The monoisotopic (exact) mass is 406 g/mol. The minimum Gasteiger partial charge on any atom is -0.354 e. The van der Waals surface area contributed by atoms with Crippen LogP contribution in [0.1, 0.15) is 54.3 Å². The van der Waals surface area contributed by atoms with E-state index < -0.39 is 0 Å². The van der Waals surface area contributed by atoms with E-state index in [1.54, 1.807) is 10.4 Å². The molecule has 0 amide bonds. The van der Waals surface area contributed by atoms with Gasteiger partial charge < -0.3 is 9.80 Å². The predicted molar refractivity (Wildman–Crippen MR) is 117 cm³/mol. The number of thiophene rings is 1. The van der Waals surface area contributed by atoms with Gasteiger partial charge in [0.1, 0.15) is 16.5 Å². The fourth-order valence-electron chi connectivity index (χ4n) is 4.69. The van der Waals surface area contributed by atoms with Gasteiger partial charge in [0.25, 0.3) is 0 Å². The van der Waals surface area contributed by atoms with E-state index in [2.05, 4.69) is 19.8 Å². The summed E-state index contributed by atoms with van der Waals surface area (Å²) in [6.07, 6.45) is 12.3. The molecule has 3 aromatic heterocycles. The van der Waals surface area contributed by atoms with E-state index in [0.29, 0.717) is 5.92 Å². The highest BCUT2D eigenvalue weighted by Crippen LogP contribution is 2.44. The molecule has 4 heterocycles. The van der Waals surface area contributed by atoms with Gasteiger partial charge >= 0.3 is 0 Å². The van der Waals surface area contributed by atoms with Crippen molar-refractivity contribution in [2.75, 3.05) is 36.0 Å². The van der Waals surface area contributed by atoms with Crippen LogP contribution in [0.2, 0.25) is 0 Å². The lowest BCUT2D eigenvalue weighted by Gasteiger charge is -2.24. The van der Waals surface area contributed by atoms with Crippen LogP contribution in [0, 0.1) is 0 Å². The first kappa shape index (κ1) is 17.6. The zero-order valence-corrected chi connectivity index (χ0v) is 17.5. The molecule has 3 aliphatic rings. The third kappa shape index (κ3) is 3.25. The highest BCUT2D eigenvalue weighted by molar-refractivity contribution is 7.19. The van der Waals surface area contributed by atoms with Gasteiger partial charge in [-0.1, -0.05) is 0 Å². The topological polar surface area (TPSA) is 58.0 Å². The number of hydrogen-bond acceptors (Lipinski definition) is 7. The minimum absolute atomic E-state index is 0.582. The van der Waals surface area contributed by atoms with Crippen molar-refractivity contribution in [3.63, 3.8) is 0 Å². The van der Waals surface area contributed by atoms with Crippen molar-refractivity contribution in [1.82, 2.24) is 19.9 Å². The van der Waals surface area contributed by atoms with Crippen LogP contribution in [0.4, 0.5) is 11.8 Å². The summed E-state index contributed by atoms with van der Waals surface area (Å²) in [6.45, 7) is 3.91. The van der Waals surface area contributed by atoms with Crippen LogP contribution in [0.15, 0.2) is 18.5 Å². The number of aryl methyl sites for hydroxylation is 2. The molecule has 7 heteroatoms. The summed E-state index contributed by atoms with van der Waals surface area (Å²) in [4.78, 5) is 26.7. The Morgan fingerprint density at radius 2 is 1.66 bits per heavy atom. The van der Waals surface area contributed by atoms with E-state index in [0.717, 1.165) is 44.4 Å². The van der Waals surface area contributed by atoms with E-state index in [-0.39, 0.29) is 0 Å². The first-order valence-electron chi connectivity index (χ1n) is 11.0. The molecular weight excluding hydrogens is 380 g/mol. The summed E-state index contributed by atoms with van der Waals surface area (Å²) in [5, 5.41) is 1.36. The van der Waals surface area contributed by atoms with Crippen LogP contribution in [-0.4, -0.2) is 46.1 Å². The van der Waals surface area contributed by atoms with Crippen LogP contribution in [0.3, 0.4) is 0 Å². The Balaban J connectivity index is 1.38. The quantitative estimate of drug-likeness (QED) is 0.656. The summed E-state index contributed by atoms with van der Waals surface area (Å²) in [7, 11) is 0. The molecule has 0 radical (unpaired) electrons. The molecule has 6 nitrogen and oxygen atoms in total. The molecular formula is C22H26N6S. The zero-order valence-electron chi connectivity index (χ0n) is 16.7. The van der Waals surface area contributed by atoms with Gasteiger partial charge in [0.15, 0.2) is 0 Å². The van der Waals surface area contributed by atoms with E-state index in [4.69, 9.17) is 9.97 Å². The van der Waals surface area contributed by atoms with E-state index in [9.17, 15) is 0 Å². The van der Waals surface area contributed by atoms with Gasteiger partial charge in [-0.3, -0.25) is 0 Å². The zero-order chi connectivity index (χ0) is 19.2. The first-order valence-corrected chi connectivity index (χ1v) is 11.8. The van der Waals surface area contributed by atoms with Crippen molar-refractivity contribution in [2.45, 2.75) is 50.9 Å². The summed E-state index contributed by atoms with van der Waals surface area (Å²) < 4.78 is 0. The van der Waals surface area contributed by atoms with Gasteiger partial charge in [-0.15, -0.1) is 11.3 Å². The van der Waals surface area contributed by atoms with Crippen molar-refractivity contribution in [3.8, 4) is 0 Å². The number of rotatable bonds is 3. The average Bonchev–Trinajstić information content (AvgIpc) is 3.58. The third-order valence-electron chi connectivity index (χ3n) is 6.39. The number of hydrogen-bond donors (Lipinski definition) is 0. The smallest absolute Gasteiger partial charge is 0.225 e. The second-order valence-electron chi connectivity index (χ2n) is 8.45. The molecule has 0 spiro atoms. The van der Waals surface area contributed by atoms with Gasteiger partial charge in [-0.2, -0.15) is 0 Å². The average molecular weight is 407 g/mol. The Morgan fingerprint density at radius 3 is 2.52 bits per heavy atom. The van der Waals surface area contributed by atoms with Crippen LogP contribution in [-0.2, 0) is 12.8 Å². The highest BCUT2D eigenvalue weighted by atomic mass is 32.1. The van der Waals surface area contributed by atoms with Crippen molar-refractivity contribution in [1.29, 1.82) is 0 Å². The van der Waals surface area contributed by atoms with Crippen molar-refractivity contribution < 1.29 is 0 Å².